The van der Waals surface area contributed by atoms with E-state index in [2.05, 4.69) is 39.1 Å². The second-order valence-electron chi connectivity index (χ2n) is 8.79. The highest BCUT2D eigenvalue weighted by Gasteiger charge is 2.41. The molecule has 0 saturated heterocycles. The Kier molecular flexibility index (Phi) is 5.45. The van der Waals surface area contributed by atoms with Crippen LogP contribution in [0.2, 0.25) is 0 Å². The second kappa shape index (κ2) is 8.46. The Hall–Kier alpha value is -3.91. The lowest BCUT2D eigenvalue weighted by molar-refractivity contribution is 0.0697. The molecular weight excluding hydrogens is 435 g/mol. The summed E-state index contributed by atoms with van der Waals surface area (Å²) >= 11 is 0. The summed E-state index contributed by atoms with van der Waals surface area (Å²) < 4.78 is 19.2. The Morgan fingerprint density at radius 3 is 2.50 bits per heavy atom. The summed E-state index contributed by atoms with van der Waals surface area (Å²) in [6.45, 7) is 3.31. The summed E-state index contributed by atoms with van der Waals surface area (Å²) in [4.78, 5) is 15.8. The third-order valence-corrected chi connectivity index (χ3v) is 6.46. The third kappa shape index (κ3) is 3.76. The fourth-order valence-corrected chi connectivity index (χ4v) is 4.72. The number of aromatic carboxylic acids is 1. The summed E-state index contributed by atoms with van der Waals surface area (Å²) in [5.74, 6) is -1.25. The van der Waals surface area contributed by atoms with Gasteiger partial charge in [0.1, 0.15) is 5.82 Å². The van der Waals surface area contributed by atoms with Gasteiger partial charge in [0, 0.05) is 37.0 Å². The van der Waals surface area contributed by atoms with Gasteiger partial charge in [0.25, 0.3) is 0 Å². The van der Waals surface area contributed by atoms with E-state index in [1.807, 2.05) is 12.1 Å². The Balaban J connectivity index is 1.72. The van der Waals surface area contributed by atoms with E-state index in [0.29, 0.717) is 19.6 Å². The number of carbonyl (C=O) groups is 1. The van der Waals surface area contributed by atoms with Gasteiger partial charge >= 0.3 is 5.97 Å². The molecule has 4 aromatic rings. The van der Waals surface area contributed by atoms with Gasteiger partial charge in [0.15, 0.2) is 0 Å². The molecule has 0 spiro atoms. The zero-order chi connectivity index (χ0) is 23.9. The summed E-state index contributed by atoms with van der Waals surface area (Å²) in [7, 11) is 1.68. The molecule has 3 aromatic carbocycles. The van der Waals surface area contributed by atoms with Crippen molar-refractivity contribution in [1.82, 2.24) is 10.2 Å². The number of nitrogens with zero attached hydrogens (tertiary/aromatic N) is 3. The van der Waals surface area contributed by atoms with Crippen molar-refractivity contribution in [3.63, 3.8) is 0 Å². The van der Waals surface area contributed by atoms with Gasteiger partial charge in [-0.15, -0.1) is 0 Å². The van der Waals surface area contributed by atoms with Gasteiger partial charge in [-0.1, -0.05) is 0 Å². The number of rotatable bonds is 6. The van der Waals surface area contributed by atoms with E-state index < -0.39 is 11.5 Å². The largest absolute Gasteiger partial charge is 0.478 e. The average Bonchev–Trinajstić information content (AvgIpc) is 3.30. The quantitative estimate of drug-likeness (QED) is 0.396. The van der Waals surface area contributed by atoms with E-state index >= 15 is 0 Å². The Morgan fingerprint density at radius 2 is 1.82 bits per heavy atom. The van der Waals surface area contributed by atoms with Crippen LogP contribution in [0, 0.1) is 5.82 Å². The number of H-pyrrole nitrogens is 1. The van der Waals surface area contributed by atoms with E-state index in [4.69, 9.17) is 4.74 Å². The molecule has 5 rings (SSSR count). The van der Waals surface area contributed by atoms with Gasteiger partial charge < -0.3 is 19.6 Å². The van der Waals surface area contributed by atoms with Crippen molar-refractivity contribution in [2.24, 2.45) is 0 Å². The molecule has 1 atom stereocenters. The molecule has 0 aliphatic carbocycles. The van der Waals surface area contributed by atoms with E-state index in [1.54, 1.807) is 37.6 Å². The average molecular weight is 461 g/mol. The zero-order valence-electron chi connectivity index (χ0n) is 19.0. The predicted octanol–water partition coefficient (Wildman–Crippen LogP) is 5.49. The number of aromatic amines is 1. The van der Waals surface area contributed by atoms with Crippen LogP contribution in [0.15, 0.2) is 66.9 Å². The van der Waals surface area contributed by atoms with E-state index in [9.17, 15) is 14.3 Å². The highest BCUT2D eigenvalue weighted by molar-refractivity contribution is 5.96. The molecule has 0 radical (unpaired) electrons. The minimum absolute atomic E-state index is 0.236. The van der Waals surface area contributed by atoms with Crippen molar-refractivity contribution in [1.29, 1.82) is 0 Å². The van der Waals surface area contributed by atoms with Gasteiger partial charge in [-0.2, -0.15) is 5.10 Å². The van der Waals surface area contributed by atoms with Crippen molar-refractivity contribution in [3.8, 4) is 0 Å². The molecule has 7 nitrogen and oxygen atoms in total. The van der Waals surface area contributed by atoms with Gasteiger partial charge in [0.2, 0.25) is 0 Å². The minimum atomic E-state index is -0.961. The van der Waals surface area contributed by atoms with Crippen LogP contribution < -0.4 is 9.80 Å². The Morgan fingerprint density at radius 1 is 1.12 bits per heavy atom. The molecule has 2 N–H and O–H groups in total. The highest BCUT2D eigenvalue weighted by atomic mass is 19.1. The van der Waals surface area contributed by atoms with Gasteiger partial charge in [-0.3, -0.25) is 5.10 Å². The van der Waals surface area contributed by atoms with Crippen LogP contribution in [0.1, 0.15) is 23.7 Å². The Bertz CT molecular complexity index is 1340. The van der Waals surface area contributed by atoms with E-state index in [-0.39, 0.29) is 11.4 Å². The number of benzene rings is 3. The minimum Gasteiger partial charge on any atom is -0.478 e. The molecule has 0 bridgehead atoms. The smallest absolute Gasteiger partial charge is 0.335 e. The van der Waals surface area contributed by atoms with Crippen molar-refractivity contribution in [2.45, 2.75) is 18.9 Å². The normalized spacial score (nSPS) is 17.7. The summed E-state index contributed by atoms with van der Waals surface area (Å²) in [5, 5.41) is 17.5. The standard InChI is InChI=1S/C26H25FN4O3/c1-26(11-12-34-2)16-30(20-7-3-17(4-8-20)25(32)33)23-14-22-18(15-28-29-22)13-24(23)31(26)21-9-5-19(27)6-10-21/h3-10,13-15H,11-12,16H2,1-2H3,(H,28,29)(H,32,33). The molecule has 174 valence electrons. The molecule has 1 aliphatic heterocycles. The van der Waals surface area contributed by atoms with Crippen LogP contribution in [0.3, 0.4) is 0 Å². The number of carboxylic acid groups (broad SMARTS) is 1. The molecule has 1 unspecified atom stereocenters. The number of aromatic nitrogens is 2. The predicted molar refractivity (Wildman–Crippen MR) is 130 cm³/mol. The first-order valence-electron chi connectivity index (χ1n) is 11.0. The molecule has 1 aliphatic rings. The Labute approximate surface area is 196 Å². The molecular formula is C26H25FN4O3. The van der Waals surface area contributed by atoms with Crippen LogP contribution in [-0.4, -0.2) is 47.1 Å². The van der Waals surface area contributed by atoms with Crippen molar-refractivity contribution < 1.29 is 19.0 Å². The number of hydrogen-bond donors (Lipinski definition) is 2. The van der Waals surface area contributed by atoms with Crippen LogP contribution >= 0.6 is 0 Å². The maximum atomic E-state index is 13.8. The van der Waals surface area contributed by atoms with Crippen LogP contribution in [0.4, 0.5) is 27.1 Å². The number of fused-ring (bicyclic) bond motifs is 2. The molecule has 2 heterocycles. The third-order valence-electron chi connectivity index (χ3n) is 6.46. The maximum absolute atomic E-state index is 13.8. The fourth-order valence-electron chi connectivity index (χ4n) is 4.72. The molecule has 1 aromatic heterocycles. The van der Waals surface area contributed by atoms with E-state index in [0.717, 1.165) is 33.7 Å². The SMILES string of the molecule is COCCC1(C)CN(c2ccc(C(=O)O)cc2)c2cc3[nH]ncc3cc2N1c1ccc(F)cc1. The first-order chi connectivity index (χ1) is 16.4. The number of halogens is 1. The van der Waals surface area contributed by atoms with Gasteiger partial charge in [-0.05, 0) is 74.0 Å². The molecule has 34 heavy (non-hydrogen) atoms. The molecule has 0 saturated carbocycles. The van der Waals surface area contributed by atoms with E-state index in [1.165, 1.54) is 12.1 Å². The lowest BCUT2D eigenvalue weighted by atomic mass is 9.88. The summed E-state index contributed by atoms with van der Waals surface area (Å²) in [5.41, 5.74) is 4.37. The van der Waals surface area contributed by atoms with Crippen LogP contribution in [0.25, 0.3) is 10.9 Å². The number of ether oxygens (including phenoxy) is 1. The maximum Gasteiger partial charge on any atom is 0.335 e. The van der Waals surface area contributed by atoms with Crippen molar-refractivity contribution >= 4 is 39.6 Å². The first kappa shape index (κ1) is 21.9. The second-order valence-corrected chi connectivity index (χ2v) is 8.79. The molecule has 0 fully saturated rings. The summed E-state index contributed by atoms with van der Waals surface area (Å²) in [6.07, 6.45) is 2.50. The van der Waals surface area contributed by atoms with Crippen LogP contribution in [-0.2, 0) is 4.74 Å². The number of methoxy groups -OCH3 is 1. The number of hydrogen-bond acceptors (Lipinski definition) is 5. The fraction of sp³-hybridized carbons (Fsp3) is 0.231. The zero-order valence-corrected chi connectivity index (χ0v) is 19.0. The van der Waals surface area contributed by atoms with Gasteiger partial charge in [0.05, 0.1) is 34.2 Å². The van der Waals surface area contributed by atoms with Crippen molar-refractivity contribution in [3.05, 3.63) is 78.2 Å². The molecule has 8 heteroatoms. The number of nitrogens with one attached hydrogen (secondary N) is 1. The number of anilines is 4. The van der Waals surface area contributed by atoms with Crippen molar-refractivity contribution in [2.75, 3.05) is 30.1 Å². The lowest BCUT2D eigenvalue weighted by Gasteiger charge is -2.51. The monoisotopic (exact) mass is 460 g/mol. The first-order valence-corrected chi connectivity index (χ1v) is 11.0. The highest BCUT2D eigenvalue weighted by Crippen LogP contribution is 2.49. The summed E-state index contributed by atoms with van der Waals surface area (Å²) in [6, 6.07) is 17.6. The van der Waals surface area contributed by atoms with Crippen LogP contribution in [0.5, 0.6) is 0 Å². The molecule has 0 amide bonds. The van der Waals surface area contributed by atoms with Gasteiger partial charge in [-0.25, -0.2) is 9.18 Å². The topological polar surface area (TPSA) is 81.7 Å². The lowest BCUT2D eigenvalue weighted by Crippen LogP contribution is -2.55. The number of carboxylic acids is 1.